The average Bonchev–Trinajstić information content (AvgIpc) is 3.13. The molecule has 4 nitrogen and oxygen atoms in total. The Bertz CT molecular complexity index is 775. The Balaban J connectivity index is 1.81. The van der Waals surface area contributed by atoms with Crippen molar-refractivity contribution in [2.24, 2.45) is 0 Å². The largest absolute Gasteiger partial charge is 0.320 e. The van der Waals surface area contributed by atoms with E-state index >= 15 is 0 Å². The summed E-state index contributed by atoms with van der Waals surface area (Å²) < 4.78 is 1.89. The van der Waals surface area contributed by atoms with E-state index in [9.17, 15) is 4.79 Å². The summed E-state index contributed by atoms with van der Waals surface area (Å²) in [6.07, 6.45) is 3.82. The van der Waals surface area contributed by atoms with Crippen LogP contribution in [0.2, 0.25) is 0 Å². The summed E-state index contributed by atoms with van der Waals surface area (Å²) in [5.41, 5.74) is 3.49. The summed E-state index contributed by atoms with van der Waals surface area (Å²) in [6, 6.07) is 9.72. The summed E-state index contributed by atoms with van der Waals surface area (Å²) in [7, 11) is 0. The van der Waals surface area contributed by atoms with Gasteiger partial charge in [0.15, 0.2) is 5.13 Å². The number of carbonyl (C=O) groups excluding carboxylic acids is 1. The van der Waals surface area contributed by atoms with Crippen LogP contribution in [0.5, 0.6) is 0 Å². The van der Waals surface area contributed by atoms with Gasteiger partial charge >= 0.3 is 0 Å². The van der Waals surface area contributed by atoms with Crippen molar-refractivity contribution in [1.29, 1.82) is 0 Å². The first-order valence-corrected chi connectivity index (χ1v) is 7.49. The maximum absolute atomic E-state index is 12.3. The Kier molecular flexibility index (Phi) is 3.58. The molecule has 0 aliphatic carbocycles. The topological polar surface area (TPSA) is 46.9 Å². The van der Waals surface area contributed by atoms with Crippen molar-refractivity contribution in [2.45, 2.75) is 13.8 Å². The molecule has 0 spiro atoms. The molecule has 21 heavy (non-hydrogen) atoms. The van der Waals surface area contributed by atoms with Gasteiger partial charge in [0.25, 0.3) is 5.91 Å². The van der Waals surface area contributed by atoms with Crippen LogP contribution in [0.25, 0.3) is 5.13 Å². The highest BCUT2D eigenvalue weighted by Gasteiger charge is 2.13. The first-order chi connectivity index (χ1) is 10.1. The maximum Gasteiger partial charge on any atom is 0.275 e. The highest BCUT2D eigenvalue weighted by atomic mass is 32.1. The van der Waals surface area contributed by atoms with Crippen molar-refractivity contribution in [3.05, 3.63) is 64.9 Å². The van der Waals surface area contributed by atoms with Crippen molar-refractivity contribution >= 4 is 22.9 Å². The van der Waals surface area contributed by atoms with E-state index in [0.29, 0.717) is 5.69 Å². The molecule has 0 aliphatic heterocycles. The quantitative estimate of drug-likeness (QED) is 0.799. The van der Waals surface area contributed by atoms with Crippen LogP contribution in [-0.2, 0) is 0 Å². The van der Waals surface area contributed by atoms with Crippen LogP contribution in [-0.4, -0.2) is 15.5 Å². The van der Waals surface area contributed by atoms with Crippen LogP contribution in [0, 0.1) is 13.8 Å². The smallest absolute Gasteiger partial charge is 0.275 e. The molecule has 2 heterocycles. The number of hydrogen-bond donors (Lipinski definition) is 1. The molecule has 1 amide bonds. The average molecular weight is 297 g/mol. The van der Waals surface area contributed by atoms with Crippen molar-refractivity contribution in [3.8, 4) is 5.13 Å². The van der Waals surface area contributed by atoms with Gasteiger partial charge in [0.05, 0.1) is 0 Å². The molecule has 0 bridgehead atoms. The zero-order valence-electron chi connectivity index (χ0n) is 11.8. The molecule has 0 radical (unpaired) electrons. The van der Waals surface area contributed by atoms with Crippen molar-refractivity contribution in [1.82, 2.24) is 9.55 Å². The number of amides is 1. The first-order valence-electron chi connectivity index (χ1n) is 6.61. The zero-order valence-corrected chi connectivity index (χ0v) is 12.6. The lowest BCUT2D eigenvalue weighted by atomic mass is 10.1. The molecular weight excluding hydrogens is 282 g/mol. The maximum atomic E-state index is 12.3. The van der Waals surface area contributed by atoms with Gasteiger partial charge < -0.3 is 9.88 Å². The second kappa shape index (κ2) is 5.54. The van der Waals surface area contributed by atoms with Gasteiger partial charge in [-0.3, -0.25) is 4.79 Å². The molecule has 1 N–H and O–H groups in total. The van der Waals surface area contributed by atoms with Crippen molar-refractivity contribution in [2.75, 3.05) is 5.32 Å². The van der Waals surface area contributed by atoms with Crippen LogP contribution in [0.4, 0.5) is 5.69 Å². The van der Waals surface area contributed by atoms with Crippen LogP contribution >= 0.6 is 11.3 Å². The van der Waals surface area contributed by atoms with Gasteiger partial charge in [0.2, 0.25) is 0 Å². The predicted molar refractivity (Wildman–Crippen MR) is 85.3 cm³/mol. The Morgan fingerprint density at radius 1 is 1.19 bits per heavy atom. The number of aromatic nitrogens is 2. The molecule has 0 aliphatic rings. The van der Waals surface area contributed by atoms with Gasteiger partial charge in [-0.1, -0.05) is 12.1 Å². The van der Waals surface area contributed by atoms with E-state index in [4.69, 9.17) is 0 Å². The van der Waals surface area contributed by atoms with E-state index < -0.39 is 0 Å². The minimum absolute atomic E-state index is 0.182. The Labute approximate surface area is 127 Å². The minimum atomic E-state index is -0.182. The van der Waals surface area contributed by atoms with Gasteiger partial charge in [0, 0.05) is 23.5 Å². The third-order valence-corrected chi connectivity index (χ3v) is 4.26. The van der Waals surface area contributed by atoms with Gasteiger partial charge in [-0.05, 0) is 43.2 Å². The fourth-order valence-electron chi connectivity index (χ4n) is 2.02. The third-order valence-electron chi connectivity index (χ3n) is 3.40. The standard InChI is InChI=1S/C16H15N3OS/c1-11-6-5-7-13(12(11)2)17-15(20)14-10-21-16(18-14)19-8-3-4-9-19/h3-10H,1-2H3,(H,17,20). The molecule has 2 aromatic heterocycles. The zero-order chi connectivity index (χ0) is 14.8. The number of thiazole rings is 1. The van der Waals surface area contributed by atoms with Crippen molar-refractivity contribution < 1.29 is 4.79 Å². The Hall–Kier alpha value is -2.40. The highest BCUT2D eigenvalue weighted by molar-refractivity contribution is 7.12. The fourth-order valence-corrected chi connectivity index (χ4v) is 2.79. The van der Waals surface area contributed by atoms with E-state index in [1.165, 1.54) is 11.3 Å². The number of benzene rings is 1. The lowest BCUT2D eigenvalue weighted by molar-refractivity contribution is 0.102. The number of carbonyl (C=O) groups is 1. The molecule has 3 rings (SSSR count). The van der Waals surface area contributed by atoms with Crippen molar-refractivity contribution in [3.63, 3.8) is 0 Å². The number of nitrogens with zero attached hydrogens (tertiary/aromatic N) is 2. The molecule has 1 aromatic carbocycles. The van der Waals surface area contributed by atoms with Gasteiger partial charge in [-0.15, -0.1) is 11.3 Å². The van der Waals surface area contributed by atoms with Crippen LogP contribution in [0.3, 0.4) is 0 Å². The molecule has 5 heteroatoms. The minimum Gasteiger partial charge on any atom is -0.320 e. The SMILES string of the molecule is Cc1cccc(NC(=O)c2csc(-n3cccc3)n2)c1C. The second-order valence-electron chi connectivity index (χ2n) is 4.81. The summed E-state index contributed by atoms with van der Waals surface area (Å²) >= 11 is 1.44. The van der Waals surface area contributed by atoms with E-state index in [1.807, 2.05) is 61.1 Å². The summed E-state index contributed by atoms with van der Waals surface area (Å²) in [4.78, 5) is 16.7. The van der Waals surface area contributed by atoms with E-state index in [2.05, 4.69) is 10.3 Å². The van der Waals surface area contributed by atoms with E-state index in [0.717, 1.165) is 21.9 Å². The third kappa shape index (κ3) is 2.73. The fraction of sp³-hybridized carbons (Fsp3) is 0.125. The molecule has 0 saturated carbocycles. The molecular formula is C16H15N3OS. The van der Waals surface area contributed by atoms with Crippen LogP contribution in [0.15, 0.2) is 48.1 Å². The molecule has 106 valence electrons. The number of rotatable bonds is 3. The molecule has 0 atom stereocenters. The molecule has 0 saturated heterocycles. The molecule has 0 fully saturated rings. The number of hydrogen-bond acceptors (Lipinski definition) is 3. The monoisotopic (exact) mass is 297 g/mol. The Morgan fingerprint density at radius 3 is 2.71 bits per heavy atom. The highest BCUT2D eigenvalue weighted by Crippen LogP contribution is 2.20. The molecule has 3 aromatic rings. The van der Waals surface area contributed by atoms with E-state index in [1.54, 1.807) is 5.38 Å². The van der Waals surface area contributed by atoms with Gasteiger partial charge in [-0.2, -0.15) is 0 Å². The lowest BCUT2D eigenvalue weighted by Crippen LogP contribution is -2.13. The van der Waals surface area contributed by atoms with Crippen LogP contribution < -0.4 is 5.32 Å². The number of nitrogens with one attached hydrogen (secondary N) is 1. The molecule has 0 unspecified atom stereocenters. The summed E-state index contributed by atoms with van der Waals surface area (Å²) in [6.45, 7) is 4.02. The van der Waals surface area contributed by atoms with E-state index in [-0.39, 0.29) is 5.91 Å². The lowest BCUT2D eigenvalue weighted by Gasteiger charge is -2.09. The Morgan fingerprint density at radius 2 is 1.95 bits per heavy atom. The number of anilines is 1. The normalized spacial score (nSPS) is 10.6. The van der Waals surface area contributed by atoms with Gasteiger partial charge in [-0.25, -0.2) is 4.98 Å². The second-order valence-corrected chi connectivity index (χ2v) is 5.64. The first kappa shape index (κ1) is 13.6. The van der Waals surface area contributed by atoms with Gasteiger partial charge in [0.1, 0.15) is 5.69 Å². The summed E-state index contributed by atoms with van der Waals surface area (Å²) in [5, 5.41) is 5.48. The van der Waals surface area contributed by atoms with Crippen LogP contribution in [0.1, 0.15) is 21.6 Å². The summed E-state index contributed by atoms with van der Waals surface area (Å²) in [5.74, 6) is -0.182. The number of aryl methyl sites for hydroxylation is 1. The predicted octanol–water partition coefficient (Wildman–Crippen LogP) is 3.80.